The fourth-order valence-corrected chi connectivity index (χ4v) is 2.41. The van der Waals surface area contributed by atoms with Crippen LogP contribution in [0.1, 0.15) is 19.0 Å². The number of hydrogen-bond donors (Lipinski definition) is 0. The molecule has 2 unspecified atom stereocenters. The van der Waals surface area contributed by atoms with Gasteiger partial charge in [-0.05, 0) is 6.07 Å². The van der Waals surface area contributed by atoms with Gasteiger partial charge in [0.1, 0.15) is 0 Å². The summed E-state index contributed by atoms with van der Waals surface area (Å²) in [6.45, 7) is 1.76. The summed E-state index contributed by atoms with van der Waals surface area (Å²) in [6.07, 6.45) is 0.146. The van der Waals surface area contributed by atoms with Crippen LogP contribution >= 0.6 is 0 Å². The van der Waals surface area contributed by atoms with Gasteiger partial charge in [-0.1, -0.05) is 13.0 Å². The van der Waals surface area contributed by atoms with Gasteiger partial charge in [-0.25, -0.2) is 4.98 Å². The molecule has 5 nitrogen and oxygen atoms in total. The normalized spacial score (nSPS) is 13.7. The Hall–Kier alpha value is -1.43. The molecule has 0 bridgehead atoms. The SMILES string of the molecule is COC(=O)CC(C)S(=O)Cc1cccc(OC)n1. The first-order chi connectivity index (χ1) is 8.56. The first-order valence-electron chi connectivity index (χ1n) is 5.50. The monoisotopic (exact) mass is 271 g/mol. The number of pyridine rings is 1. The number of carbonyl (C=O) groups excluding carboxylic acids is 1. The fraction of sp³-hybridized carbons (Fsp3) is 0.500. The van der Waals surface area contributed by atoms with Gasteiger partial charge in [-0.3, -0.25) is 9.00 Å². The number of methoxy groups -OCH3 is 2. The molecule has 1 heterocycles. The quantitative estimate of drug-likeness (QED) is 0.729. The summed E-state index contributed by atoms with van der Waals surface area (Å²) in [5.74, 6) is 0.439. The van der Waals surface area contributed by atoms with Crippen molar-refractivity contribution in [2.24, 2.45) is 0 Å². The predicted molar refractivity (Wildman–Crippen MR) is 68.7 cm³/mol. The molecule has 1 rings (SSSR count). The van der Waals surface area contributed by atoms with Crippen LogP contribution in [0, 0.1) is 0 Å². The molecule has 0 amide bonds. The van der Waals surface area contributed by atoms with Crippen LogP contribution < -0.4 is 4.74 Å². The highest BCUT2D eigenvalue weighted by Gasteiger charge is 2.16. The summed E-state index contributed by atoms with van der Waals surface area (Å²) in [6, 6.07) is 5.30. The second-order valence-corrected chi connectivity index (χ2v) is 5.64. The lowest BCUT2D eigenvalue weighted by Crippen LogP contribution is -2.18. The minimum Gasteiger partial charge on any atom is -0.481 e. The van der Waals surface area contributed by atoms with Gasteiger partial charge >= 0.3 is 5.97 Å². The average Bonchev–Trinajstić information content (AvgIpc) is 2.38. The summed E-state index contributed by atoms with van der Waals surface area (Å²) in [5.41, 5.74) is 0.685. The van der Waals surface area contributed by atoms with Gasteiger partial charge in [0.15, 0.2) is 0 Å². The van der Waals surface area contributed by atoms with Gasteiger partial charge in [0, 0.05) is 22.1 Å². The molecule has 0 fully saturated rings. The molecule has 100 valence electrons. The molecule has 0 N–H and O–H groups in total. The molecule has 1 aromatic rings. The van der Waals surface area contributed by atoms with E-state index in [1.807, 2.05) is 0 Å². The third-order valence-corrected chi connectivity index (χ3v) is 4.06. The van der Waals surface area contributed by atoms with Crippen molar-refractivity contribution in [2.75, 3.05) is 14.2 Å². The molecule has 0 saturated carbocycles. The van der Waals surface area contributed by atoms with Gasteiger partial charge in [-0.2, -0.15) is 0 Å². The molecule has 0 aliphatic rings. The van der Waals surface area contributed by atoms with Crippen molar-refractivity contribution >= 4 is 16.8 Å². The van der Waals surface area contributed by atoms with Crippen molar-refractivity contribution in [3.8, 4) is 5.88 Å². The number of nitrogens with zero attached hydrogens (tertiary/aromatic N) is 1. The molecular weight excluding hydrogens is 254 g/mol. The third-order valence-electron chi connectivity index (χ3n) is 2.41. The van der Waals surface area contributed by atoms with Crippen LogP contribution in [0.5, 0.6) is 5.88 Å². The highest BCUT2D eigenvalue weighted by molar-refractivity contribution is 7.84. The summed E-state index contributed by atoms with van der Waals surface area (Å²) in [7, 11) is 1.68. The zero-order chi connectivity index (χ0) is 13.5. The zero-order valence-electron chi connectivity index (χ0n) is 10.7. The van der Waals surface area contributed by atoms with Crippen molar-refractivity contribution in [3.05, 3.63) is 23.9 Å². The second-order valence-electron chi connectivity index (χ2n) is 3.79. The average molecular weight is 271 g/mol. The van der Waals surface area contributed by atoms with Crippen LogP contribution in [-0.2, 0) is 26.1 Å². The predicted octanol–water partition coefficient (Wildman–Crippen LogP) is 1.29. The van der Waals surface area contributed by atoms with E-state index < -0.39 is 10.8 Å². The van der Waals surface area contributed by atoms with E-state index in [4.69, 9.17) is 4.74 Å². The van der Waals surface area contributed by atoms with Crippen LogP contribution in [0.3, 0.4) is 0 Å². The standard InChI is InChI=1S/C12H17NO4S/c1-9(7-12(14)17-3)18(15)8-10-5-4-6-11(13-10)16-2/h4-6,9H,7-8H2,1-3H3. The molecule has 0 aliphatic carbocycles. The van der Waals surface area contributed by atoms with E-state index in [1.165, 1.54) is 14.2 Å². The summed E-state index contributed by atoms with van der Waals surface area (Å²) >= 11 is 0. The van der Waals surface area contributed by atoms with Crippen molar-refractivity contribution < 1.29 is 18.5 Å². The molecule has 0 radical (unpaired) electrons. The van der Waals surface area contributed by atoms with E-state index >= 15 is 0 Å². The van der Waals surface area contributed by atoms with Gasteiger partial charge in [0.05, 0.1) is 32.1 Å². The molecule has 0 saturated heterocycles. The summed E-state index contributed by atoms with van der Waals surface area (Å²) in [4.78, 5) is 15.3. The van der Waals surface area contributed by atoms with Crippen LogP contribution in [0.2, 0.25) is 0 Å². The molecular formula is C12H17NO4S. The molecule has 6 heteroatoms. The maximum atomic E-state index is 12.0. The van der Waals surface area contributed by atoms with Crippen LogP contribution in [-0.4, -0.2) is 34.6 Å². The second kappa shape index (κ2) is 7.10. The Kier molecular flexibility index (Phi) is 5.77. The summed E-state index contributed by atoms with van der Waals surface area (Å²) in [5, 5.41) is -0.259. The van der Waals surface area contributed by atoms with E-state index in [1.54, 1.807) is 25.1 Å². The fourth-order valence-electron chi connectivity index (χ4n) is 1.35. The Morgan fingerprint density at radius 1 is 1.44 bits per heavy atom. The molecule has 2 atom stereocenters. The first kappa shape index (κ1) is 14.6. The Labute approximate surface area is 109 Å². The van der Waals surface area contributed by atoms with E-state index in [9.17, 15) is 9.00 Å². The molecule has 18 heavy (non-hydrogen) atoms. The highest BCUT2D eigenvalue weighted by Crippen LogP contribution is 2.12. The van der Waals surface area contributed by atoms with Gasteiger partial charge in [0.25, 0.3) is 0 Å². The number of carbonyl (C=O) groups is 1. The Bertz CT molecular complexity index is 436. The lowest BCUT2D eigenvalue weighted by Gasteiger charge is -2.10. The van der Waals surface area contributed by atoms with E-state index in [0.717, 1.165) is 0 Å². The Morgan fingerprint density at radius 2 is 2.17 bits per heavy atom. The molecule has 0 aliphatic heterocycles. The van der Waals surface area contributed by atoms with Crippen molar-refractivity contribution in [2.45, 2.75) is 24.3 Å². The number of esters is 1. The van der Waals surface area contributed by atoms with Crippen molar-refractivity contribution in [1.82, 2.24) is 4.98 Å². The van der Waals surface area contributed by atoms with E-state index in [-0.39, 0.29) is 17.6 Å². The third kappa shape index (κ3) is 4.44. The minimum atomic E-state index is -1.17. The largest absolute Gasteiger partial charge is 0.481 e. The number of ether oxygens (including phenoxy) is 2. The lowest BCUT2D eigenvalue weighted by molar-refractivity contribution is -0.140. The number of rotatable bonds is 6. The van der Waals surface area contributed by atoms with Gasteiger partial charge in [-0.15, -0.1) is 0 Å². The topological polar surface area (TPSA) is 65.5 Å². The van der Waals surface area contributed by atoms with Gasteiger partial charge in [0.2, 0.25) is 5.88 Å². The maximum Gasteiger partial charge on any atom is 0.306 e. The number of aromatic nitrogens is 1. The lowest BCUT2D eigenvalue weighted by atomic mass is 10.3. The number of hydrogen-bond acceptors (Lipinski definition) is 5. The van der Waals surface area contributed by atoms with Crippen molar-refractivity contribution in [3.63, 3.8) is 0 Å². The highest BCUT2D eigenvalue weighted by atomic mass is 32.2. The van der Waals surface area contributed by atoms with E-state index in [0.29, 0.717) is 17.3 Å². The minimum absolute atomic E-state index is 0.146. The van der Waals surface area contributed by atoms with Crippen molar-refractivity contribution in [1.29, 1.82) is 0 Å². The molecule has 1 aromatic heterocycles. The Morgan fingerprint density at radius 3 is 2.78 bits per heavy atom. The van der Waals surface area contributed by atoms with Crippen LogP contribution in [0.4, 0.5) is 0 Å². The first-order valence-corrected chi connectivity index (χ1v) is 6.89. The molecule has 0 aromatic carbocycles. The Balaban J connectivity index is 2.60. The smallest absolute Gasteiger partial charge is 0.306 e. The van der Waals surface area contributed by atoms with E-state index in [2.05, 4.69) is 9.72 Å². The zero-order valence-corrected chi connectivity index (χ0v) is 11.5. The summed E-state index contributed by atoms with van der Waals surface area (Å²) < 4.78 is 21.5. The molecule has 0 spiro atoms. The maximum absolute atomic E-state index is 12.0. The van der Waals surface area contributed by atoms with Crippen LogP contribution in [0.15, 0.2) is 18.2 Å². The van der Waals surface area contributed by atoms with Gasteiger partial charge < -0.3 is 9.47 Å². The van der Waals surface area contributed by atoms with Crippen LogP contribution in [0.25, 0.3) is 0 Å².